The molecule has 0 unspecified atom stereocenters. The van der Waals surface area contributed by atoms with Gasteiger partial charge in [0.15, 0.2) is 0 Å². The molecule has 0 radical (unpaired) electrons. The summed E-state index contributed by atoms with van der Waals surface area (Å²) >= 11 is 6.02. The van der Waals surface area contributed by atoms with Crippen LogP contribution in [0.4, 0.5) is 11.4 Å². The molecule has 3 rings (SSSR count). The molecule has 0 saturated heterocycles. The lowest BCUT2D eigenvalue weighted by Gasteiger charge is -2.06. The van der Waals surface area contributed by atoms with Crippen LogP contribution in [0.15, 0.2) is 42.5 Å². The van der Waals surface area contributed by atoms with Crippen LogP contribution in [0.5, 0.6) is 0 Å². The van der Waals surface area contributed by atoms with Gasteiger partial charge in [0.2, 0.25) is 5.91 Å². The average Bonchev–Trinajstić information content (AvgIpc) is 2.86. The van der Waals surface area contributed by atoms with Crippen LogP contribution in [-0.2, 0) is 4.79 Å². The Bertz CT molecular complexity index is 929. The van der Waals surface area contributed by atoms with E-state index in [0.29, 0.717) is 22.1 Å². The summed E-state index contributed by atoms with van der Waals surface area (Å²) in [4.78, 5) is 26.6. The van der Waals surface area contributed by atoms with Gasteiger partial charge in [0.25, 0.3) is 5.91 Å². The number of anilines is 2. The molecule has 1 heterocycles. The third-order valence-corrected chi connectivity index (χ3v) is 3.95. The Morgan fingerprint density at radius 2 is 1.62 bits per heavy atom. The van der Waals surface area contributed by atoms with Gasteiger partial charge in [0.1, 0.15) is 5.69 Å². The zero-order valence-corrected chi connectivity index (χ0v) is 14.0. The Morgan fingerprint density at radius 1 is 1.00 bits per heavy atom. The molecular formula is C18H16ClN3O2. The lowest BCUT2D eigenvalue weighted by Crippen LogP contribution is -2.13. The second kappa shape index (κ2) is 6.37. The predicted octanol–water partition coefficient (Wildman–Crippen LogP) is 4.34. The summed E-state index contributed by atoms with van der Waals surface area (Å²) in [7, 11) is 0. The Morgan fingerprint density at radius 3 is 2.25 bits per heavy atom. The highest BCUT2D eigenvalue weighted by Crippen LogP contribution is 2.25. The van der Waals surface area contributed by atoms with Gasteiger partial charge in [-0.05, 0) is 55.0 Å². The molecule has 2 amide bonds. The number of nitrogens with one attached hydrogen (secondary N) is 3. The highest BCUT2D eigenvalue weighted by atomic mass is 35.5. The zero-order valence-electron chi connectivity index (χ0n) is 13.2. The summed E-state index contributed by atoms with van der Waals surface area (Å²) in [5, 5.41) is 7.07. The second-order valence-electron chi connectivity index (χ2n) is 5.53. The van der Waals surface area contributed by atoms with Crippen molar-refractivity contribution in [1.82, 2.24) is 4.98 Å². The maximum absolute atomic E-state index is 12.5. The molecule has 5 nitrogen and oxygen atoms in total. The van der Waals surface area contributed by atoms with Crippen molar-refractivity contribution in [2.45, 2.75) is 13.8 Å². The Balaban J connectivity index is 1.82. The van der Waals surface area contributed by atoms with E-state index in [1.807, 2.05) is 19.1 Å². The molecule has 1 aromatic heterocycles. The molecule has 0 aliphatic rings. The first-order valence-electron chi connectivity index (χ1n) is 7.41. The van der Waals surface area contributed by atoms with E-state index in [2.05, 4.69) is 15.6 Å². The highest BCUT2D eigenvalue weighted by molar-refractivity contribution is 6.31. The van der Waals surface area contributed by atoms with Gasteiger partial charge in [-0.25, -0.2) is 0 Å². The van der Waals surface area contributed by atoms with Crippen LogP contribution in [0.2, 0.25) is 5.02 Å². The van der Waals surface area contributed by atoms with Gasteiger partial charge in [-0.3, -0.25) is 9.59 Å². The summed E-state index contributed by atoms with van der Waals surface area (Å²) < 4.78 is 0. The topological polar surface area (TPSA) is 74.0 Å². The van der Waals surface area contributed by atoms with Crippen molar-refractivity contribution < 1.29 is 9.59 Å². The number of carbonyl (C=O) groups excluding carboxylic acids is 2. The van der Waals surface area contributed by atoms with E-state index in [1.165, 1.54) is 6.92 Å². The number of hydrogen-bond acceptors (Lipinski definition) is 2. The zero-order chi connectivity index (χ0) is 17.3. The summed E-state index contributed by atoms with van der Waals surface area (Å²) in [6, 6.07) is 12.4. The van der Waals surface area contributed by atoms with Crippen LogP contribution in [0.25, 0.3) is 10.9 Å². The SMILES string of the molecule is CC(=O)Nc1ccc(NC(=O)c2[nH]c3ccc(Cl)cc3c2C)cc1. The summed E-state index contributed by atoms with van der Waals surface area (Å²) in [5.41, 5.74) is 3.53. The minimum atomic E-state index is -0.230. The van der Waals surface area contributed by atoms with E-state index < -0.39 is 0 Å². The fourth-order valence-corrected chi connectivity index (χ4v) is 2.73. The Kier molecular flexibility index (Phi) is 4.27. The summed E-state index contributed by atoms with van der Waals surface area (Å²) in [6.07, 6.45) is 0. The number of aromatic nitrogens is 1. The number of benzene rings is 2. The van der Waals surface area contributed by atoms with Crippen molar-refractivity contribution in [2.24, 2.45) is 0 Å². The van der Waals surface area contributed by atoms with Gasteiger partial charge in [-0.15, -0.1) is 0 Å². The normalized spacial score (nSPS) is 10.6. The third-order valence-electron chi connectivity index (χ3n) is 3.71. The molecule has 122 valence electrons. The number of H-pyrrole nitrogens is 1. The smallest absolute Gasteiger partial charge is 0.272 e. The van der Waals surface area contributed by atoms with Crippen molar-refractivity contribution in [3.8, 4) is 0 Å². The summed E-state index contributed by atoms with van der Waals surface area (Å²) in [6.45, 7) is 3.32. The molecule has 0 spiro atoms. The minimum absolute atomic E-state index is 0.140. The molecule has 24 heavy (non-hydrogen) atoms. The number of aromatic amines is 1. The molecule has 0 aliphatic carbocycles. The Hall–Kier alpha value is -2.79. The van der Waals surface area contributed by atoms with Crippen LogP contribution in [-0.4, -0.2) is 16.8 Å². The fourth-order valence-electron chi connectivity index (χ4n) is 2.56. The molecule has 0 atom stereocenters. The summed E-state index contributed by atoms with van der Waals surface area (Å²) in [5.74, 6) is -0.369. The number of halogens is 1. The van der Waals surface area contributed by atoms with Crippen LogP contribution >= 0.6 is 11.6 Å². The average molecular weight is 342 g/mol. The number of carbonyl (C=O) groups is 2. The van der Waals surface area contributed by atoms with Crippen LogP contribution in [0, 0.1) is 6.92 Å². The number of hydrogen-bond donors (Lipinski definition) is 3. The van der Waals surface area contributed by atoms with E-state index in [9.17, 15) is 9.59 Å². The predicted molar refractivity (Wildman–Crippen MR) is 96.7 cm³/mol. The van der Waals surface area contributed by atoms with Crippen molar-refractivity contribution in [3.05, 3.63) is 58.7 Å². The van der Waals surface area contributed by atoms with E-state index in [0.717, 1.165) is 16.5 Å². The quantitative estimate of drug-likeness (QED) is 0.663. The van der Waals surface area contributed by atoms with Crippen LogP contribution in [0.1, 0.15) is 23.0 Å². The van der Waals surface area contributed by atoms with Crippen molar-refractivity contribution in [3.63, 3.8) is 0 Å². The molecule has 3 aromatic rings. The number of amides is 2. The highest BCUT2D eigenvalue weighted by Gasteiger charge is 2.15. The molecular weight excluding hydrogens is 326 g/mol. The first kappa shape index (κ1) is 16.1. The molecule has 0 saturated carbocycles. The van der Waals surface area contributed by atoms with Gasteiger partial charge >= 0.3 is 0 Å². The molecule has 2 aromatic carbocycles. The monoisotopic (exact) mass is 341 g/mol. The molecule has 0 aliphatic heterocycles. The maximum atomic E-state index is 12.5. The van der Waals surface area contributed by atoms with E-state index in [-0.39, 0.29) is 11.8 Å². The minimum Gasteiger partial charge on any atom is -0.350 e. The van der Waals surface area contributed by atoms with Crippen molar-refractivity contribution in [1.29, 1.82) is 0 Å². The van der Waals surface area contributed by atoms with E-state index >= 15 is 0 Å². The molecule has 0 bridgehead atoms. The van der Waals surface area contributed by atoms with E-state index in [4.69, 9.17) is 11.6 Å². The number of rotatable bonds is 3. The molecule has 6 heteroatoms. The number of fused-ring (bicyclic) bond motifs is 1. The van der Waals surface area contributed by atoms with Crippen molar-refractivity contribution >= 4 is 45.7 Å². The van der Waals surface area contributed by atoms with Gasteiger partial charge in [-0.2, -0.15) is 0 Å². The maximum Gasteiger partial charge on any atom is 0.272 e. The van der Waals surface area contributed by atoms with Crippen LogP contribution in [0.3, 0.4) is 0 Å². The first-order valence-corrected chi connectivity index (χ1v) is 7.78. The van der Waals surface area contributed by atoms with Gasteiger partial charge in [0.05, 0.1) is 0 Å². The van der Waals surface area contributed by atoms with Gasteiger partial charge in [-0.1, -0.05) is 11.6 Å². The molecule has 3 N–H and O–H groups in total. The second-order valence-corrected chi connectivity index (χ2v) is 5.96. The van der Waals surface area contributed by atoms with Crippen LogP contribution < -0.4 is 10.6 Å². The van der Waals surface area contributed by atoms with E-state index in [1.54, 1.807) is 30.3 Å². The van der Waals surface area contributed by atoms with Gasteiger partial charge < -0.3 is 15.6 Å². The first-order chi connectivity index (χ1) is 11.4. The largest absolute Gasteiger partial charge is 0.350 e. The lowest BCUT2D eigenvalue weighted by molar-refractivity contribution is -0.114. The Labute approximate surface area is 144 Å². The third kappa shape index (κ3) is 3.26. The fraction of sp³-hybridized carbons (Fsp3) is 0.111. The van der Waals surface area contributed by atoms with Crippen molar-refractivity contribution in [2.75, 3.05) is 10.6 Å². The lowest BCUT2D eigenvalue weighted by atomic mass is 10.1. The van der Waals surface area contributed by atoms with Gasteiger partial charge in [0, 0.05) is 34.2 Å². The standard InChI is InChI=1S/C18H16ClN3O2/c1-10-15-9-12(19)3-8-16(15)22-17(10)18(24)21-14-6-4-13(5-7-14)20-11(2)23/h3-9,22H,1-2H3,(H,20,23)(H,21,24). The number of aryl methyl sites for hydroxylation is 1. The molecule has 0 fully saturated rings.